The van der Waals surface area contributed by atoms with Crippen molar-refractivity contribution in [1.82, 2.24) is 9.13 Å². The highest BCUT2D eigenvalue weighted by atomic mass is 32.1. The minimum atomic E-state index is 1.18. The summed E-state index contributed by atoms with van der Waals surface area (Å²) < 4.78 is 4.87. The van der Waals surface area contributed by atoms with Crippen LogP contribution in [-0.4, -0.2) is 9.13 Å². The van der Waals surface area contributed by atoms with Crippen molar-refractivity contribution in [2.24, 2.45) is 0 Å². The largest absolute Gasteiger partial charge is 0.309 e. The second-order valence-corrected chi connectivity index (χ2v) is 14.0. The second-order valence-electron chi connectivity index (χ2n) is 13.0. The molecule has 10 rings (SSSR count). The van der Waals surface area contributed by atoms with Gasteiger partial charge in [-0.05, 0) is 83.3 Å². The molecule has 0 fully saturated rings. The van der Waals surface area contributed by atoms with E-state index in [1.54, 1.807) is 0 Å². The summed E-state index contributed by atoms with van der Waals surface area (Å²) in [5.41, 5.74) is 13.6. The maximum atomic E-state index is 2.49. The third-order valence-corrected chi connectivity index (χ3v) is 11.4. The van der Waals surface area contributed by atoms with Crippen LogP contribution in [0.4, 0.5) is 0 Å². The van der Waals surface area contributed by atoms with Gasteiger partial charge in [-0.1, -0.05) is 127 Å². The summed E-state index contributed by atoms with van der Waals surface area (Å²) in [5.74, 6) is 0. The van der Waals surface area contributed by atoms with Gasteiger partial charge in [-0.15, -0.1) is 11.3 Å². The Morgan fingerprint density at radius 2 is 0.840 bits per heavy atom. The second kappa shape index (κ2) is 11.5. The zero-order valence-electron chi connectivity index (χ0n) is 27.5. The minimum absolute atomic E-state index is 1.18. The smallest absolute Gasteiger partial charge is 0.104 e. The van der Waals surface area contributed by atoms with Crippen LogP contribution in [0.1, 0.15) is 5.56 Å². The molecule has 0 atom stereocenters. The van der Waals surface area contributed by atoms with E-state index >= 15 is 0 Å². The van der Waals surface area contributed by atoms with Gasteiger partial charge in [0.15, 0.2) is 0 Å². The van der Waals surface area contributed by atoms with Gasteiger partial charge in [-0.2, -0.15) is 0 Å². The third-order valence-electron chi connectivity index (χ3n) is 10.1. The Labute approximate surface area is 294 Å². The first-order chi connectivity index (χ1) is 24.7. The van der Waals surface area contributed by atoms with E-state index in [1.165, 1.54) is 92.6 Å². The van der Waals surface area contributed by atoms with Crippen molar-refractivity contribution in [2.75, 3.05) is 0 Å². The summed E-state index contributed by atoms with van der Waals surface area (Å²) in [4.78, 5) is 1.30. The quantitative estimate of drug-likeness (QED) is 0.174. The monoisotopic (exact) mass is 656 g/mol. The summed E-state index contributed by atoms with van der Waals surface area (Å²) in [6, 6.07) is 63.9. The van der Waals surface area contributed by atoms with Gasteiger partial charge in [0.1, 0.15) is 5.00 Å². The number of fused-ring (bicyclic) bond motifs is 6. The van der Waals surface area contributed by atoms with Crippen molar-refractivity contribution in [3.05, 3.63) is 181 Å². The summed E-state index contributed by atoms with van der Waals surface area (Å²) in [6.45, 7) is 2.29. The zero-order valence-corrected chi connectivity index (χ0v) is 28.4. The topological polar surface area (TPSA) is 9.86 Å². The first-order valence-electron chi connectivity index (χ1n) is 17.1. The van der Waals surface area contributed by atoms with Gasteiger partial charge in [-0.3, -0.25) is 0 Å². The molecule has 0 radical (unpaired) electrons. The zero-order chi connectivity index (χ0) is 33.2. The van der Waals surface area contributed by atoms with E-state index in [1.807, 2.05) is 11.3 Å². The van der Waals surface area contributed by atoms with Crippen molar-refractivity contribution in [3.8, 4) is 43.4 Å². The van der Waals surface area contributed by atoms with Gasteiger partial charge in [0.25, 0.3) is 0 Å². The molecule has 10 aromatic rings. The molecular formula is C47H32N2S. The Kier molecular flexibility index (Phi) is 6.61. The number of rotatable bonds is 5. The fourth-order valence-corrected chi connectivity index (χ4v) is 9.20. The van der Waals surface area contributed by atoms with E-state index in [0.29, 0.717) is 0 Å². The maximum absolute atomic E-state index is 2.49. The lowest BCUT2D eigenvalue weighted by atomic mass is 9.99. The molecule has 0 bridgehead atoms. The summed E-state index contributed by atoms with van der Waals surface area (Å²) in [5, 5.41) is 6.32. The van der Waals surface area contributed by atoms with Crippen molar-refractivity contribution in [2.45, 2.75) is 6.92 Å². The molecule has 0 saturated carbocycles. The van der Waals surface area contributed by atoms with Crippen LogP contribution in [0.15, 0.2) is 176 Å². The van der Waals surface area contributed by atoms with Crippen LogP contribution in [0.5, 0.6) is 0 Å². The number of benzene rings is 7. The van der Waals surface area contributed by atoms with Gasteiger partial charge in [0.05, 0.1) is 22.1 Å². The average molecular weight is 657 g/mol. The summed E-state index contributed by atoms with van der Waals surface area (Å²) >= 11 is 1.89. The van der Waals surface area contributed by atoms with Crippen LogP contribution in [0.2, 0.25) is 0 Å². The van der Waals surface area contributed by atoms with E-state index < -0.39 is 0 Å². The van der Waals surface area contributed by atoms with Gasteiger partial charge in [0, 0.05) is 37.7 Å². The van der Waals surface area contributed by atoms with Crippen LogP contribution in [-0.2, 0) is 0 Å². The number of thiophene rings is 1. The Morgan fingerprint density at radius 3 is 1.44 bits per heavy atom. The van der Waals surface area contributed by atoms with Crippen molar-refractivity contribution < 1.29 is 0 Å². The Balaban J connectivity index is 1.18. The van der Waals surface area contributed by atoms with Crippen LogP contribution in [0.25, 0.3) is 87.0 Å². The molecule has 0 unspecified atom stereocenters. The van der Waals surface area contributed by atoms with E-state index in [0.717, 1.165) is 0 Å². The Morgan fingerprint density at radius 1 is 0.380 bits per heavy atom. The first-order valence-corrected chi connectivity index (χ1v) is 17.9. The fourth-order valence-electron chi connectivity index (χ4n) is 7.84. The molecule has 0 saturated heterocycles. The molecule has 0 amide bonds. The molecule has 236 valence electrons. The molecule has 50 heavy (non-hydrogen) atoms. The highest BCUT2D eigenvalue weighted by Gasteiger charge is 2.23. The molecule has 3 heterocycles. The van der Waals surface area contributed by atoms with Crippen molar-refractivity contribution >= 4 is 54.9 Å². The van der Waals surface area contributed by atoms with Crippen LogP contribution in [0, 0.1) is 6.92 Å². The molecule has 0 aliphatic heterocycles. The molecule has 7 aromatic carbocycles. The van der Waals surface area contributed by atoms with E-state index in [4.69, 9.17) is 0 Å². The number of hydrogen-bond donors (Lipinski definition) is 0. The van der Waals surface area contributed by atoms with Crippen molar-refractivity contribution in [3.63, 3.8) is 0 Å². The number of para-hydroxylation sites is 3. The maximum Gasteiger partial charge on any atom is 0.104 e. The molecule has 3 aromatic heterocycles. The van der Waals surface area contributed by atoms with Gasteiger partial charge >= 0.3 is 0 Å². The molecule has 0 spiro atoms. The van der Waals surface area contributed by atoms with Crippen molar-refractivity contribution in [1.29, 1.82) is 0 Å². The minimum Gasteiger partial charge on any atom is -0.309 e. The van der Waals surface area contributed by atoms with Gasteiger partial charge in [0.2, 0.25) is 0 Å². The van der Waals surface area contributed by atoms with E-state index in [9.17, 15) is 0 Å². The summed E-state index contributed by atoms with van der Waals surface area (Å²) in [6.07, 6.45) is 0. The molecule has 0 aliphatic rings. The molecule has 0 N–H and O–H groups in total. The number of aromatic nitrogens is 2. The lowest BCUT2D eigenvalue weighted by Crippen LogP contribution is -1.93. The first kappa shape index (κ1) is 28.8. The lowest BCUT2D eigenvalue weighted by molar-refractivity contribution is 1.18. The average Bonchev–Trinajstić information content (AvgIpc) is 3.82. The standard InChI is InChI=1S/C47H32N2S/c1-31-45(32-15-5-2-6-16-32)46(33-17-7-3-8-18-33)50-47(31)49-42-24-14-12-22-38(42)40-30-35(26-28-44(40)49)34-25-27-43-39(29-34)37-21-11-13-23-41(37)48(43)36-19-9-4-10-20-36/h2-30H,1H3. The van der Waals surface area contributed by atoms with Crippen LogP contribution in [0.3, 0.4) is 0 Å². The van der Waals surface area contributed by atoms with Gasteiger partial charge in [-0.25, -0.2) is 0 Å². The molecular weight excluding hydrogens is 625 g/mol. The molecule has 3 heteroatoms. The Hall–Kier alpha value is -6.16. The van der Waals surface area contributed by atoms with E-state index in [-0.39, 0.29) is 0 Å². The highest BCUT2D eigenvalue weighted by Crippen LogP contribution is 2.47. The highest BCUT2D eigenvalue weighted by molar-refractivity contribution is 7.18. The lowest BCUT2D eigenvalue weighted by Gasteiger charge is -2.09. The predicted molar refractivity (Wildman–Crippen MR) is 214 cm³/mol. The normalized spacial score (nSPS) is 11.7. The summed E-state index contributed by atoms with van der Waals surface area (Å²) in [7, 11) is 0. The molecule has 0 aliphatic carbocycles. The SMILES string of the molecule is Cc1c(-n2c3ccccc3c3cc(-c4ccc5c(c4)c4ccccc4n5-c4ccccc4)ccc32)sc(-c2ccccc2)c1-c1ccccc1. The van der Waals surface area contributed by atoms with E-state index in [2.05, 4.69) is 192 Å². The predicted octanol–water partition coefficient (Wildman–Crippen LogP) is 13.3. The number of hydrogen-bond acceptors (Lipinski definition) is 1. The van der Waals surface area contributed by atoms with Crippen LogP contribution < -0.4 is 0 Å². The van der Waals surface area contributed by atoms with Gasteiger partial charge < -0.3 is 9.13 Å². The Bertz CT molecular complexity index is 2860. The third kappa shape index (κ3) is 4.41. The molecule has 2 nitrogen and oxygen atoms in total. The fraction of sp³-hybridized carbons (Fsp3) is 0.0213. The van der Waals surface area contributed by atoms with Crippen LogP contribution >= 0.6 is 11.3 Å². The number of nitrogens with zero attached hydrogens (tertiary/aromatic N) is 2.